The van der Waals surface area contributed by atoms with Gasteiger partial charge in [-0.2, -0.15) is 0 Å². The van der Waals surface area contributed by atoms with E-state index in [0.29, 0.717) is 18.1 Å². The number of ether oxygens (including phenoxy) is 1. The largest absolute Gasteiger partial charge is 0.444 e. The number of fused-ring (bicyclic) bond motifs is 1. The third-order valence-corrected chi connectivity index (χ3v) is 4.30. The number of nitrogens with zero attached hydrogens (tertiary/aromatic N) is 3. The quantitative estimate of drug-likeness (QED) is 0.783. The second-order valence-electron chi connectivity index (χ2n) is 6.95. The van der Waals surface area contributed by atoms with Crippen LogP contribution in [-0.4, -0.2) is 47.8 Å². The zero-order valence-electron chi connectivity index (χ0n) is 14.3. The molecule has 0 radical (unpaired) electrons. The van der Waals surface area contributed by atoms with Gasteiger partial charge < -0.3 is 14.5 Å². The lowest BCUT2D eigenvalue weighted by Gasteiger charge is -2.36. The summed E-state index contributed by atoms with van der Waals surface area (Å²) in [7, 11) is 0. The maximum absolute atomic E-state index is 12.1. The van der Waals surface area contributed by atoms with E-state index in [0.717, 1.165) is 29.7 Å². The first-order chi connectivity index (χ1) is 11.3. The van der Waals surface area contributed by atoms with Gasteiger partial charge in [0.05, 0.1) is 10.5 Å². The molecule has 0 saturated carbocycles. The number of carbonyl (C=O) groups excluding carboxylic acids is 1. The van der Waals surface area contributed by atoms with Gasteiger partial charge >= 0.3 is 6.09 Å². The number of benzene rings is 1. The predicted octanol–water partition coefficient (Wildman–Crippen LogP) is 3.95. The molecule has 0 aliphatic carbocycles. The Balaban J connectivity index is 1.68. The highest BCUT2D eigenvalue weighted by molar-refractivity contribution is 6.35. The topological polar surface area (TPSA) is 45.7 Å². The number of pyridine rings is 1. The summed E-state index contributed by atoms with van der Waals surface area (Å²) >= 11 is 6.19. The Bertz CT molecular complexity index is 750. The molecule has 24 heavy (non-hydrogen) atoms. The van der Waals surface area contributed by atoms with Crippen LogP contribution in [0.4, 0.5) is 10.5 Å². The van der Waals surface area contributed by atoms with Crippen molar-refractivity contribution in [2.24, 2.45) is 0 Å². The lowest BCUT2D eigenvalue weighted by molar-refractivity contribution is 0.0240. The van der Waals surface area contributed by atoms with Crippen molar-refractivity contribution in [1.82, 2.24) is 9.88 Å². The Morgan fingerprint density at radius 3 is 2.54 bits per heavy atom. The summed E-state index contributed by atoms with van der Waals surface area (Å²) < 4.78 is 5.43. The predicted molar refractivity (Wildman–Crippen MR) is 96.8 cm³/mol. The molecule has 0 unspecified atom stereocenters. The van der Waals surface area contributed by atoms with Crippen molar-refractivity contribution in [2.75, 3.05) is 31.1 Å². The van der Waals surface area contributed by atoms with Crippen LogP contribution in [-0.2, 0) is 4.74 Å². The number of rotatable bonds is 1. The molecule has 1 aliphatic rings. The fourth-order valence-corrected chi connectivity index (χ4v) is 2.99. The first kappa shape index (κ1) is 16.8. The number of hydrogen-bond acceptors (Lipinski definition) is 4. The van der Waals surface area contributed by atoms with Crippen molar-refractivity contribution in [3.05, 3.63) is 35.5 Å². The molecule has 1 aromatic heterocycles. The van der Waals surface area contributed by atoms with E-state index < -0.39 is 5.60 Å². The van der Waals surface area contributed by atoms with E-state index in [1.54, 1.807) is 17.2 Å². The van der Waals surface area contributed by atoms with Crippen LogP contribution in [0.15, 0.2) is 30.5 Å². The average Bonchev–Trinajstić information content (AvgIpc) is 2.53. The van der Waals surface area contributed by atoms with Crippen LogP contribution in [0.25, 0.3) is 10.9 Å². The van der Waals surface area contributed by atoms with Gasteiger partial charge in [-0.3, -0.25) is 4.98 Å². The molecule has 0 N–H and O–H groups in total. The van der Waals surface area contributed by atoms with Crippen LogP contribution in [0.1, 0.15) is 20.8 Å². The van der Waals surface area contributed by atoms with Gasteiger partial charge in [-0.1, -0.05) is 11.6 Å². The SMILES string of the molecule is CC(C)(C)OC(=O)N1CCN(c2ccc3c(Cl)ccnc3c2)CC1. The van der Waals surface area contributed by atoms with E-state index in [1.165, 1.54) is 0 Å². The zero-order chi connectivity index (χ0) is 17.3. The minimum Gasteiger partial charge on any atom is -0.444 e. The van der Waals surface area contributed by atoms with Gasteiger partial charge in [0.1, 0.15) is 5.60 Å². The molecule has 128 valence electrons. The van der Waals surface area contributed by atoms with Gasteiger partial charge in [0.25, 0.3) is 0 Å². The number of aromatic nitrogens is 1. The maximum Gasteiger partial charge on any atom is 0.410 e. The Morgan fingerprint density at radius 1 is 1.17 bits per heavy atom. The normalized spacial score (nSPS) is 15.7. The molecule has 1 aromatic carbocycles. The van der Waals surface area contributed by atoms with Crippen LogP contribution < -0.4 is 4.90 Å². The molecule has 1 aliphatic heterocycles. The van der Waals surface area contributed by atoms with Gasteiger partial charge in [-0.25, -0.2) is 4.79 Å². The molecular formula is C18H22ClN3O2. The second kappa shape index (κ2) is 6.48. The van der Waals surface area contributed by atoms with Crippen LogP contribution in [0.3, 0.4) is 0 Å². The van der Waals surface area contributed by atoms with Crippen molar-refractivity contribution < 1.29 is 9.53 Å². The maximum atomic E-state index is 12.1. The number of amides is 1. The molecule has 0 spiro atoms. The Morgan fingerprint density at radius 2 is 1.88 bits per heavy atom. The lowest BCUT2D eigenvalue weighted by atomic mass is 10.1. The highest BCUT2D eigenvalue weighted by atomic mass is 35.5. The minimum absolute atomic E-state index is 0.242. The molecule has 6 heteroatoms. The fraction of sp³-hybridized carbons (Fsp3) is 0.444. The summed E-state index contributed by atoms with van der Waals surface area (Å²) in [6, 6.07) is 7.90. The first-order valence-corrected chi connectivity index (χ1v) is 8.48. The van der Waals surface area contributed by atoms with Crippen molar-refractivity contribution in [3.63, 3.8) is 0 Å². The lowest BCUT2D eigenvalue weighted by Crippen LogP contribution is -2.50. The highest BCUT2D eigenvalue weighted by Gasteiger charge is 2.26. The fourth-order valence-electron chi connectivity index (χ4n) is 2.77. The second-order valence-corrected chi connectivity index (χ2v) is 7.36. The van der Waals surface area contributed by atoms with Crippen LogP contribution in [0.5, 0.6) is 0 Å². The van der Waals surface area contributed by atoms with Crippen LogP contribution in [0.2, 0.25) is 5.02 Å². The molecule has 0 atom stereocenters. The summed E-state index contributed by atoms with van der Waals surface area (Å²) in [5.41, 5.74) is 1.52. The summed E-state index contributed by atoms with van der Waals surface area (Å²) in [5.74, 6) is 0. The molecule has 1 fully saturated rings. The average molecular weight is 348 g/mol. The van der Waals surface area contributed by atoms with Crippen molar-refractivity contribution >= 4 is 34.3 Å². The van der Waals surface area contributed by atoms with Crippen molar-refractivity contribution in [2.45, 2.75) is 26.4 Å². The third kappa shape index (κ3) is 3.73. The van der Waals surface area contributed by atoms with Gasteiger partial charge in [0.15, 0.2) is 0 Å². The van der Waals surface area contributed by atoms with Gasteiger partial charge in [0, 0.05) is 43.4 Å². The van der Waals surface area contributed by atoms with E-state index in [1.807, 2.05) is 32.9 Å². The van der Waals surface area contributed by atoms with E-state index >= 15 is 0 Å². The van der Waals surface area contributed by atoms with Crippen molar-refractivity contribution in [1.29, 1.82) is 0 Å². The standard InChI is InChI=1S/C18H22ClN3O2/c1-18(2,3)24-17(23)22-10-8-21(9-11-22)13-4-5-14-15(19)6-7-20-16(14)12-13/h4-7,12H,8-11H2,1-3H3. The van der Waals surface area contributed by atoms with Crippen LogP contribution >= 0.6 is 11.6 Å². The van der Waals surface area contributed by atoms with E-state index in [-0.39, 0.29) is 6.09 Å². The first-order valence-electron chi connectivity index (χ1n) is 8.11. The monoisotopic (exact) mass is 347 g/mol. The Labute approximate surface area is 147 Å². The molecular weight excluding hydrogens is 326 g/mol. The Kier molecular flexibility index (Phi) is 4.54. The number of halogens is 1. The number of carbonyl (C=O) groups is 1. The van der Waals surface area contributed by atoms with Gasteiger partial charge in [-0.15, -0.1) is 0 Å². The molecule has 1 saturated heterocycles. The number of hydrogen-bond donors (Lipinski definition) is 0. The van der Waals surface area contributed by atoms with Gasteiger partial charge in [-0.05, 0) is 45.0 Å². The molecule has 1 amide bonds. The smallest absolute Gasteiger partial charge is 0.410 e. The van der Waals surface area contributed by atoms with E-state index in [4.69, 9.17) is 16.3 Å². The van der Waals surface area contributed by atoms with E-state index in [2.05, 4.69) is 16.0 Å². The summed E-state index contributed by atoms with van der Waals surface area (Å²) in [5, 5.41) is 1.66. The molecule has 2 aromatic rings. The summed E-state index contributed by atoms with van der Waals surface area (Å²) in [6.45, 7) is 8.49. The zero-order valence-corrected chi connectivity index (χ0v) is 15.0. The third-order valence-electron chi connectivity index (χ3n) is 3.97. The highest BCUT2D eigenvalue weighted by Crippen LogP contribution is 2.26. The molecule has 5 nitrogen and oxygen atoms in total. The van der Waals surface area contributed by atoms with E-state index in [9.17, 15) is 4.79 Å². The van der Waals surface area contributed by atoms with Crippen LogP contribution in [0, 0.1) is 0 Å². The minimum atomic E-state index is -0.461. The molecule has 3 rings (SSSR count). The number of piperazine rings is 1. The summed E-state index contributed by atoms with van der Waals surface area (Å²) in [4.78, 5) is 20.5. The molecule has 0 bridgehead atoms. The molecule has 2 heterocycles. The van der Waals surface area contributed by atoms with Gasteiger partial charge in [0.2, 0.25) is 0 Å². The Hall–Kier alpha value is -2.01. The van der Waals surface area contributed by atoms with Crippen molar-refractivity contribution in [3.8, 4) is 0 Å². The summed E-state index contributed by atoms with van der Waals surface area (Å²) in [6.07, 6.45) is 1.48. The number of anilines is 1.